The van der Waals surface area contributed by atoms with Crippen molar-refractivity contribution in [2.75, 3.05) is 25.0 Å². The van der Waals surface area contributed by atoms with Crippen molar-refractivity contribution in [3.63, 3.8) is 0 Å². The van der Waals surface area contributed by atoms with E-state index in [0.29, 0.717) is 25.8 Å². The van der Waals surface area contributed by atoms with Gasteiger partial charge in [-0.3, -0.25) is 28.7 Å². The molecule has 4 amide bonds. The molecule has 2 aliphatic heterocycles. The summed E-state index contributed by atoms with van der Waals surface area (Å²) in [5.74, 6) is -6.45. The van der Waals surface area contributed by atoms with Crippen molar-refractivity contribution < 1.29 is 46.3 Å². The Morgan fingerprint density at radius 1 is 1.13 bits per heavy atom. The van der Waals surface area contributed by atoms with Gasteiger partial charge in [0.15, 0.2) is 5.78 Å². The summed E-state index contributed by atoms with van der Waals surface area (Å²) < 4.78 is 55.3. The first-order chi connectivity index (χ1) is 18.4. The van der Waals surface area contributed by atoms with Gasteiger partial charge in [0.25, 0.3) is 0 Å². The van der Waals surface area contributed by atoms with Crippen LogP contribution in [0.15, 0.2) is 24.3 Å². The fraction of sp³-hybridized carbons (Fsp3) is 0.560. The van der Waals surface area contributed by atoms with Crippen molar-refractivity contribution in [3.05, 3.63) is 30.1 Å². The molecule has 0 spiro atoms. The van der Waals surface area contributed by atoms with E-state index in [4.69, 9.17) is 0 Å². The topological polar surface area (TPSA) is 134 Å². The number of alkyl halides is 3. The maximum Gasteiger partial charge on any atom is 0.522 e. The van der Waals surface area contributed by atoms with Crippen molar-refractivity contribution in [2.24, 2.45) is 17.8 Å². The number of carbonyl (C=O) groups is 5. The predicted molar refractivity (Wildman–Crippen MR) is 126 cm³/mol. The molecule has 4 rings (SSSR count). The zero-order chi connectivity index (χ0) is 28.3. The highest BCUT2D eigenvalue weighted by Gasteiger charge is 2.51. The fourth-order valence-corrected chi connectivity index (χ4v) is 5.66. The molecule has 2 heterocycles. The van der Waals surface area contributed by atoms with Crippen molar-refractivity contribution in [2.45, 2.75) is 50.6 Å². The second-order valence-corrected chi connectivity index (χ2v) is 9.97. The van der Waals surface area contributed by atoms with E-state index < -0.39 is 66.2 Å². The van der Waals surface area contributed by atoms with Crippen molar-refractivity contribution in [1.82, 2.24) is 15.5 Å². The Hall–Kier alpha value is -3.55. The van der Waals surface area contributed by atoms with E-state index in [2.05, 4.69) is 20.7 Å². The number of Topliss-reactive ketones (excluding diaryl/α,β-unsaturated/α-hetero) is 1. The molecule has 1 aromatic rings. The number of hydrogen-bond acceptors (Lipinski definition) is 6. The van der Waals surface area contributed by atoms with Crippen LogP contribution in [0.5, 0.6) is 0 Å². The van der Waals surface area contributed by atoms with Crippen LogP contribution in [0.4, 0.5) is 23.2 Å². The third kappa shape index (κ3) is 6.72. The molecular formula is C25H28F4N4O6. The molecule has 14 heteroatoms. The summed E-state index contributed by atoms with van der Waals surface area (Å²) in [4.78, 5) is 65.1. The first-order valence-corrected chi connectivity index (χ1v) is 12.6. The third-order valence-corrected chi connectivity index (χ3v) is 7.50. The Bertz CT molecular complexity index is 1150. The number of nitrogens with one attached hydrogen (secondary N) is 3. The van der Waals surface area contributed by atoms with Crippen LogP contribution >= 0.6 is 0 Å². The minimum atomic E-state index is -5.08. The lowest BCUT2D eigenvalue weighted by Gasteiger charge is -2.29. The minimum absolute atomic E-state index is 0.0765. The van der Waals surface area contributed by atoms with E-state index in [1.165, 1.54) is 18.2 Å². The monoisotopic (exact) mass is 556 g/mol. The number of carbonyl (C=O) groups excluding carboxylic acids is 5. The summed E-state index contributed by atoms with van der Waals surface area (Å²) in [7, 11) is 0. The van der Waals surface area contributed by atoms with Gasteiger partial charge < -0.3 is 20.9 Å². The third-order valence-electron chi connectivity index (χ3n) is 7.50. The molecule has 0 radical (unpaired) electrons. The van der Waals surface area contributed by atoms with Crippen molar-refractivity contribution >= 4 is 35.1 Å². The summed E-state index contributed by atoms with van der Waals surface area (Å²) in [6.07, 6.45) is -2.98. The van der Waals surface area contributed by atoms with Gasteiger partial charge >= 0.3 is 18.2 Å². The summed E-state index contributed by atoms with van der Waals surface area (Å²) in [5.41, 5.74) is -0.221. The molecule has 5 atom stereocenters. The van der Waals surface area contributed by atoms with Crippen LogP contribution in [0.25, 0.3) is 0 Å². The van der Waals surface area contributed by atoms with Crippen molar-refractivity contribution in [3.8, 4) is 0 Å². The molecule has 0 bridgehead atoms. The Morgan fingerprint density at radius 3 is 2.54 bits per heavy atom. The second kappa shape index (κ2) is 11.7. The molecule has 10 nitrogen and oxygen atoms in total. The van der Waals surface area contributed by atoms with Crippen LogP contribution in [0.3, 0.4) is 0 Å². The molecule has 3 N–H and O–H groups in total. The molecule has 1 aromatic carbocycles. The van der Waals surface area contributed by atoms with E-state index in [1.807, 2.05) is 0 Å². The van der Waals surface area contributed by atoms with Gasteiger partial charge in [-0.25, -0.2) is 4.39 Å². The van der Waals surface area contributed by atoms with E-state index >= 15 is 0 Å². The quantitative estimate of drug-likeness (QED) is 0.328. The van der Waals surface area contributed by atoms with E-state index in [9.17, 15) is 41.5 Å². The molecular weight excluding hydrogens is 528 g/mol. The number of rotatable bonds is 8. The molecule has 2 unspecified atom stereocenters. The standard InChI is InChI=1S/C25H28F4N4O6/c26-16-6-1-2-7-17(16)31-23(37)24(38)33-11-14-4-3-5-15(14)20(33)22(36)32-18(10-13-8-9-30-21(13)35)19(34)12-39-25(27,28)29/h1-2,6-7,13-15,18,20H,3-5,8-12H2,(H,30,35)(H,31,37)(H,32,36)/t13-,14?,15-,18?,20-/m0/s1. The molecule has 3 aliphatic rings. The maximum absolute atomic E-state index is 14.0. The van der Waals surface area contributed by atoms with Crippen molar-refractivity contribution in [1.29, 1.82) is 0 Å². The number of amides is 4. The van der Waals surface area contributed by atoms with Gasteiger partial charge in [-0.05, 0) is 49.7 Å². The number of ketones is 1. The van der Waals surface area contributed by atoms with Gasteiger partial charge in [-0.1, -0.05) is 18.6 Å². The number of nitrogens with zero attached hydrogens (tertiary/aromatic N) is 1. The van der Waals surface area contributed by atoms with Crippen LogP contribution in [0.2, 0.25) is 0 Å². The molecule has 3 fully saturated rings. The van der Waals surface area contributed by atoms with Crippen LogP contribution in [-0.4, -0.2) is 72.5 Å². The van der Waals surface area contributed by atoms with E-state index in [0.717, 1.165) is 17.4 Å². The number of likely N-dealkylation sites (tertiary alicyclic amines) is 1. The zero-order valence-electron chi connectivity index (χ0n) is 20.8. The van der Waals surface area contributed by atoms with E-state index in [1.54, 1.807) is 0 Å². The number of benzene rings is 1. The number of hydrogen-bond donors (Lipinski definition) is 3. The molecule has 39 heavy (non-hydrogen) atoms. The van der Waals surface area contributed by atoms with E-state index in [-0.39, 0.29) is 30.5 Å². The molecule has 0 aromatic heterocycles. The van der Waals surface area contributed by atoms with Gasteiger partial charge in [-0.2, -0.15) is 0 Å². The number of fused-ring (bicyclic) bond motifs is 1. The first-order valence-electron chi connectivity index (χ1n) is 12.6. The average molecular weight is 557 g/mol. The Balaban J connectivity index is 1.51. The van der Waals surface area contributed by atoms with Crippen LogP contribution in [0.1, 0.15) is 32.1 Å². The zero-order valence-corrected chi connectivity index (χ0v) is 20.8. The molecule has 212 valence electrons. The van der Waals surface area contributed by atoms with Gasteiger partial charge in [0.2, 0.25) is 11.8 Å². The SMILES string of the molecule is O=C(Nc1ccccc1F)C(=O)N1CC2CCC[C@@H]2[C@H]1C(=O)NC(C[C@@H]1CCNC1=O)C(=O)COC(F)(F)F. The highest BCUT2D eigenvalue weighted by atomic mass is 19.4. The van der Waals surface area contributed by atoms with Gasteiger partial charge in [-0.15, -0.1) is 13.2 Å². The minimum Gasteiger partial charge on any atom is -0.356 e. The Labute approximate surface area is 220 Å². The maximum atomic E-state index is 14.0. The highest BCUT2D eigenvalue weighted by molar-refractivity contribution is 6.40. The smallest absolute Gasteiger partial charge is 0.356 e. The summed E-state index contributed by atoms with van der Waals surface area (Å²) in [6.45, 7) is -0.969. The summed E-state index contributed by atoms with van der Waals surface area (Å²) in [6, 6.07) is 2.57. The lowest BCUT2D eigenvalue weighted by Crippen LogP contribution is -2.55. The predicted octanol–water partition coefficient (Wildman–Crippen LogP) is 1.51. The van der Waals surface area contributed by atoms with Gasteiger partial charge in [0, 0.05) is 19.0 Å². The number of anilines is 1. The molecule has 1 saturated carbocycles. The molecule has 2 saturated heterocycles. The number of ether oxygens (including phenoxy) is 1. The van der Waals surface area contributed by atoms with Crippen LogP contribution < -0.4 is 16.0 Å². The van der Waals surface area contributed by atoms with Crippen LogP contribution in [-0.2, 0) is 28.7 Å². The average Bonchev–Trinajstić information content (AvgIpc) is 3.58. The lowest BCUT2D eigenvalue weighted by molar-refractivity contribution is -0.321. The Morgan fingerprint density at radius 2 is 1.87 bits per heavy atom. The largest absolute Gasteiger partial charge is 0.522 e. The highest BCUT2D eigenvalue weighted by Crippen LogP contribution is 2.42. The number of halogens is 4. The lowest BCUT2D eigenvalue weighted by atomic mass is 9.92. The molecule has 1 aliphatic carbocycles. The fourth-order valence-electron chi connectivity index (χ4n) is 5.66. The normalized spacial score (nSPS) is 25.1. The summed E-state index contributed by atoms with van der Waals surface area (Å²) >= 11 is 0. The Kier molecular flexibility index (Phi) is 8.52. The number of para-hydroxylation sites is 1. The van der Waals surface area contributed by atoms with Gasteiger partial charge in [0.1, 0.15) is 18.5 Å². The van der Waals surface area contributed by atoms with Gasteiger partial charge in [0.05, 0.1) is 11.7 Å². The first kappa shape index (κ1) is 28.5. The summed E-state index contributed by atoms with van der Waals surface area (Å²) in [5, 5.41) is 7.20. The second-order valence-electron chi connectivity index (χ2n) is 9.97. The van der Waals surface area contributed by atoms with Crippen LogP contribution in [0, 0.1) is 23.6 Å².